The minimum absolute atomic E-state index is 0.114. The number of benzene rings is 2. The lowest BCUT2D eigenvalue weighted by molar-refractivity contribution is -0.108. The number of nitrogens with zero attached hydrogens (tertiary/aromatic N) is 2. The number of sulfonamides is 1. The number of nitrogens with one attached hydrogen (secondary N) is 1. The van der Waals surface area contributed by atoms with Gasteiger partial charge in [-0.05, 0) is 55.5 Å². The first-order valence-electron chi connectivity index (χ1n) is 10.4. The normalized spacial score (nSPS) is 15.5. The summed E-state index contributed by atoms with van der Waals surface area (Å²) in [6, 6.07) is 12.7. The van der Waals surface area contributed by atoms with Gasteiger partial charge in [0, 0.05) is 18.8 Å². The van der Waals surface area contributed by atoms with Gasteiger partial charge in [0.2, 0.25) is 16.4 Å². The summed E-state index contributed by atoms with van der Waals surface area (Å²) in [4.78, 5) is 20.7. The zero-order chi connectivity index (χ0) is 25.8. The number of ether oxygens (including phenoxy) is 2. The Balaban J connectivity index is 0.000000641. The number of rotatable bonds is 7. The van der Waals surface area contributed by atoms with Crippen molar-refractivity contribution in [3.05, 3.63) is 48.5 Å². The fraction of sp³-hybridized carbons (Fsp3) is 0.304. The number of nitrogens with two attached hydrogens (primary N) is 1. The molecule has 12 heteroatoms. The van der Waals surface area contributed by atoms with E-state index in [4.69, 9.17) is 9.47 Å². The number of carbonyl (C=O) groups excluding carboxylic acids is 2. The van der Waals surface area contributed by atoms with Crippen LogP contribution in [0.2, 0.25) is 0 Å². The molecule has 4 N–H and O–H groups in total. The van der Waals surface area contributed by atoms with Gasteiger partial charge in [-0.15, -0.1) is 5.92 Å². The number of β-amino-alcohol motifs (C(OH)–C–C–N with tert-alkyl or cyclic N) is 1. The van der Waals surface area contributed by atoms with Gasteiger partial charge in [0.1, 0.15) is 24.3 Å². The average Bonchev–Trinajstić information content (AvgIpc) is 2.84. The maximum atomic E-state index is 13.0. The third kappa shape index (κ3) is 7.89. The molecule has 3 amide bonds. The van der Waals surface area contributed by atoms with Crippen LogP contribution >= 0.6 is 0 Å². The van der Waals surface area contributed by atoms with Gasteiger partial charge in [-0.25, -0.2) is 13.2 Å². The number of methoxy groups -OCH3 is 1. The Kier molecular flexibility index (Phi) is 10.3. The minimum atomic E-state index is -3.82. The predicted molar refractivity (Wildman–Crippen MR) is 129 cm³/mol. The van der Waals surface area contributed by atoms with Crippen molar-refractivity contribution in [1.29, 1.82) is 0 Å². The largest absolute Gasteiger partial charge is 0.497 e. The lowest BCUT2D eigenvalue weighted by Crippen LogP contribution is -2.55. The van der Waals surface area contributed by atoms with Crippen LogP contribution in [-0.4, -0.2) is 69.8 Å². The van der Waals surface area contributed by atoms with Crippen molar-refractivity contribution < 1.29 is 32.6 Å². The number of urea groups is 1. The van der Waals surface area contributed by atoms with Crippen molar-refractivity contribution in [2.75, 3.05) is 38.3 Å². The van der Waals surface area contributed by atoms with Crippen LogP contribution in [0.25, 0.3) is 0 Å². The van der Waals surface area contributed by atoms with Gasteiger partial charge in [0.25, 0.3) is 0 Å². The van der Waals surface area contributed by atoms with E-state index in [1.807, 2.05) is 29.2 Å². The second-order valence-corrected chi connectivity index (χ2v) is 8.94. The van der Waals surface area contributed by atoms with Crippen LogP contribution in [0.4, 0.5) is 10.5 Å². The van der Waals surface area contributed by atoms with Gasteiger partial charge in [-0.1, -0.05) is 5.92 Å². The number of aliphatic hydroxyl groups is 1. The fourth-order valence-electron chi connectivity index (χ4n) is 3.15. The molecule has 0 aromatic heterocycles. The average molecular weight is 505 g/mol. The molecule has 1 atom stereocenters. The molecule has 1 unspecified atom stereocenters. The van der Waals surface area contributed by atoms with Gasteiger partial charge in [0.15, 0.2) is 0 Å². The van der Waals surface area contributed by atoms with Crippen LogP contribution in [0.3, 0.4) is 0 Å². The molecular formula is C23H28N4O7S. The summed E-state index contributed by atoms with van der Waals surface area (Å²) < 4.78 is 37.6. The SMILES string of the molecule is CC#CCOc1ccc(S(=O)(=O)N2CCN(c3ccc(OC)cc3)CC2O)cc1.NC(=O)NC=O. The molecule has 0 bridgehead atoms. The highest BCUT2D eigenvalue weighted by molar-refractivity contribution is 7.89. The number of aliphatic hydroxyl groups excluding tert-OH is 1. The summed E-state index contributed by atoms with van der Waals surface area (Å²) in [7, 11) is -2.22. The summed E-state index contributed by atoms with van der Waals surface area (Å²) in [5.41, 5.74) is 5.32. The van der Waals surface area contributed by atoms with Crippen molar-refractivity contribution in [2.45, 2.75) is 18.0 Å². The van der Waals surface area contributed by atoms with Crippen LogP contribution in [0.5, 0.6) is 11.5 Å². The smallest absolute Gasteiger partial charge is 0.318 e. The number of hydrogen-bond acceptors (Lipinski definition) is 8. The number of anilines is 1. The molecule has 1 aliphatic rings. The van der Waals surface area contributed by atoms with Crippen molar-refractivity contribution in [3.8, 4) is 23.3 Å². The first-order valence-corrected chi connectivity index (χ1v) is 11.9. The number of hydrogen-bond donors (Lipinski definition) is 3. The van der Waals surface area contributed by atoms with Gasteiger partial charge >= 0.3 is 6.03 Å². The van der Waals surface area contributed by atoms with Crippen LogP contribution < -0.4 is 25.4 Å². The lowest BCUT2D eigenvalue weighted by Gasteiger charge is -2.39. The minimum Gasteiger partial charge on any atom is -0.497 e. The Morgan fingerprint density at radius 3 is 2.29 bits per heavy atom. The molecule has 35 heavy (non-hydrogen) atoms. The highest BCUT2D eigenvalue weighted by Crippen LogP contribution is 2.26. The maximum absolute atomic E-state index is 13.0. The maximum Gasteiger partial charge on any atom is 0.318 e. The van der Waals surface area contributed by atoms with E-state index in [0.29, 0.717) is 12.3 Å². The summed E-state index contributed by atoms with van der Waals surface area (Å²) in [6.07, 6.45) is -0.922. The Hall–Kier alpha value is -3.79. The molecule has 0 spiro atoms. The number of carbonyl (C=O) groups is 2. The highest BCUT2D eigenvalue weighted by Gasteiger charge is 2.35. The van der Waals surface area contributed by atoms with Crippen molar-refractivity contribution in [3.63, 3.8) is 0 Å². The molecule has 188 valence electrons. The molecule has 3 rings (SSSR count). The van der Waals surface area contributed by atoms with E-state index in [1.165, 1.54) is 12.1 Å². The molecule has 0 radical (unpaired) electrons. The number of amides is 3. The summed E-state index contributed by atoms with van der Waals surface area (Å²) in [5, 5.41) is 12.2. The second-order valence-electron chi connectivity index (χ2n) is 7.05. The zero-order valence-electron chi connectivity index (χ0n) is 19.4. The van der Waals surface area contributed by atoms with E-state index in [-0.39, 0.29) is 31.0 Å². The van der Waals surface area contributed by atoms with Gasteiger partial charge in [0.05, 0.1) is 18.6 Å². The molecule has 11 nitrogen and oxygen atoms in total. The zero-order valence-corrected chi connectivity index (χ0v) is 20.2. The standard InChI is InChI=1S/C21H24N2O5S.C2H4N2O2/c1-3-4-15-28-19-9-11-20(12-10-19)29(25,26)23-14-13-22(16-21(23)24)17-5-7-18(27-2)8-6-17;3-2(6)4-1-5/h5-12,21,24H,13-16H2,1-2H3;1H,(H3,3,4,5,6). The van der Waals surface area contributed by atoms with Gasteiger partial charge in [-0.3, -0.25) is 10.1 Å². The third-order valence-electron chi connectivity index (χ3n) is 4.86. The van der Waals surface area contributed by atoms with E-state index in [1.54, 1.807) is 31.5 Å². The molecule has 1 saturated heterocycles. The number of piperazine rings is 1. The van der Waals surface area contributed by atoms with Gasteiger partial charge < -0.3 is 25.2 Å². The molecule has 2 aromatic carbocycles. The van der Waals surface area contributed by atoms with E-state index >= 15 is 0 Å². The van der Waals surface area contributed by atoms with Crippen molar-refractivity contribution in [1.82, 2.24) is 9.62 Å². The molecule has 0 aliphatic carbocycles. The molecule has 0 saturated carbocycles. The lowest BCUT2D eigenvalue weighted by atomic mass is 10.2. The second kappa shape index (κ2) is 13.2. The Labute approximate surface area is 204 Å². The summed E-state index contributed by atoms with van der Waals surface area (Å²) in [5.74, 6) is 6.79. The van der Waals surface area contributed by atoms with Crippen LogP contribution in [0, 0.1) is 11.8 Å². The van der Waals surface area contributed by atoms with E-state index in [9.17, 15) is 23.1 Å². The molecular weight excluding hydrogens is 476 g/mol. The first-order chi connectivity index (χ1) is 16.7. The fourth-order valence-corrected chi connectivity index (χ4v) is 4.61. The monoisotopic (exact) mass is 504 g/mol. The Bertz CT molecular complexity index is 1140. The molecule has 2 aromatic rings. The molecule has 1 heterocycles. The van der Waals surface area contributed by atoms with Crippen LogP contribution in [0.1, 0.15) is 6.92 Å². The summed E-state index contributed by atoms with van der Waals surface area (Å²) in [6.45, 7) is 2.80. The van der Waals surface area contributed by atoms with Crippen molar-refractivity contribution >= 4 is 28.2 Å². The number of imide groups is 1. The predicted octanol–water partition coefficient (Wildman–Crippen LogP) is 0.738. The van der Waals surface area contributed by atoms with Gasteiger partial charge in [-0.2, -0.15) is 4.31 Å². The quantitative estimate of drug-likeness (QED) is 0.369. The first kappa shape index (κ1) is 27.5. The molecule has 1 aliphatic heterocycles. The Morgan fingerprint density at radius 1 is 1.17 bits per heavy atom. The van der Waals surface area contributed by atoms with E-state index in [0.717, 1.165) is 15.7 Å². The number of primary amides is 1. The van der Waals surface area contributed by atoms with E-state index < -0.39 is 22.3 Å². The van der Waals surface area contributed by atoms with Crippen LogP contribution in [-0.2, 0) is 14.8 Å². The Morgan fingerprint density at radius 2 is 1.80 bits per heavy atom. The molecule has 1 fully saturated rings. The van der Waals surface area contributed by atoms with E-state index in [2.05, 4.69) is 17.6 Å². The third-order valence-corrected chi connectivity index (χ3v) is 6.77. The summed E-state index contributed by atoms with van der Waals surface area (Å²) >= 11 is 0. The van der Waals surface area contributed by atoms with Crippen LogP contribution in [0.15, 0.2) is 53.4 Å². The topological polar surface area (TPSA) is 152 Å². The van der Waals surface area contributed by atoms with Crippen molar-refractivity contribution in [2.24, 2.45) is 5.73 Å². The highest BCUT2D eigenvalue weighted by atomic mass is 32.2.